The number of nitrogens with zero attached hydrogens (tertiary/aromatic N) is 1. The molecule has 1 aromatic carbocycles. The molecule has 1 aliphatic heterocycles. The highest BCUT2D eigenvalue weighted by Gasteiger charge is 2.27. The molecule has 1 saturated heterocycles. The van der Waals surface area contributed by atoms with Gasteiger partial charge >= 0.3 is 0 Å². The van der Waals surface area contributed by atoms with Crippen LogP contribution in [0.3, 0.4) is 0 Å². The first-order chi connectivity index (χ1) is 11.0. The molecule has 0 aliphatic carbocycles. The van der Waals surface area contributed by atoms with Gasteiger partial charge in [-0.05, 0) is 24.0 Å². The maximum Gasteiger partial charge on any atom is 0.219 e. The molecule has 1 heterocycles. The lowest BCUT2D eigenvalue weighted by atomic mass is 9.93. The lowest BCUT2D eigenvalue weighted by Crippen LogP contribution is -2.49. The Morgan fingerprint density at radius 2 is 2.13 bits per heavy atom. The summed E-state index contributed by atoms with van der Waals surface area (Å²) in [5, 5.41) is 4.13. The second-order valence-corrected chi connectivity index (χ2v) is 6.37. The van der Waals surface area contributed by atoms with Crippen molar-refractivity contribution in [1.82, 2.24) is 10.2 Å². The standard InChI is InChI=1S/C17H25ClN2O3/c1-11-10-20(12(2)21)8-7-14(11)19-9-13-5-6-15(22-3)17(23-4)16(13)18/h5-6,11,14,19H,7-10H2,1-4H3/t11-,14-/m1/s1. The maximum atomic E-state index is 11.5. The summed E-state index contributed by atoms with van der Waals surface area (Å²) < 4.78 is 10.6. The van der Waals surface area contributed by atoms with E-state index in [1.165, 1.54) is 0 Å². The molecule has 2 rings (SSSR count). The summed E-state index contributed by atoms with van der Waals surface area (Å²) in [6.45, 7) is 6.06. The third-order valence-electron chi connectivity index (χ3n) is 4.47. The number of halogens is 1. The molecule has 0 saturated carbocycles. The summed E-state index contributed by atoms with van der Waals surface area (Å²) in [5.41, 5.74) is 0.977. The number of hydrogen-bond acceptors (Lipinski definition) is 4. The van der Waals surface area contributed by atoms with E-state index in [-0.39, 0.29) is 5.91 Å². The molecule has 0 unspecified atom stereocenters. The molecule has 1 amide bonds. The van der Waals surface area contributed by atoms with Gasteiger partial charge in [-0.25, -0.2) is 0 Å². The Morgan fingerprint density at radius 1 is 1.39 bits per heavy atom. The Kier molecular flexibility index (Phi) is 6.13. The number of hydrogen-bond donors (Lipinski definition) is 1. The van der Waals surface area contributed by atoms with Crippen molar-refractivity contribution < 1.29 is 14.3 Å². The normalized spacial score (nSPS) is 21.2. The summed E-state index contributed by atoms with van der Waals surface area (Å²) in [4.78, 5) is 13.4. The van der Waals surface area contributed by atoms with Gasteiger partial charge in [0.05, 0.1) is 19.2 Å². The molecule has 128 valence electrons. The van der Waals surface area contributed by atoms with E-state index >= 15 is 0 Å². The summed E-state index contributed by atoms with van der Waals surface area (Å²) in [7, 11) is 3.18. The first-order valence-electron chi connectivity index (χ1n) is 7.86. The Hall–Kier alpha value is -1.46. The number of carbonyl (C=O) groups is 1. The smallest absolute Gasteiger partial charge is 0.219 e. The second kappa shape index (κ2) is 7.88. The number of rotatable bonds is 5. The molecule has 0 radical (unpaired) electrons. The van der Waals surface area contributed by atoms with E-state index in [1.807, 2.05) is 17.0 Å². The highest BCUT2D eigenvalue weighted by Crippen LogP contribution is 2.37. The monoisotopic (exact) mass is 340 g/mol. The van der Waals surface area contributed by atoms with Crippen LogP contribution in [0.4, 0.5) is 0 Å². The number of nitrogens with one attached hydrogen (secondary N) is 1. The third-order valence-corrected chi connectivity index (χ3v) is 4.88. The summed E-state index contributed by atoms with van der Waals surface area (Å²) in [5.74, 6) is 1.75. The highest BCUT2D eigenvalue weighted by molar-refractivity contribution is 6.33. The lowest BCUT2D eigenvalue weighted by molar-refractivity contribution is -0.130. The number of likely N-dealkylation sites (tertiary alicyclic amines) is 1. The fourth-order valence-electron chi connectivity index (χ4n) is 3.04. The molecule has 1 fully saturated rings. The van der Waals surface area contributed by atoms with Gasteiger partial charge in [-0.1, -0.05) is 24.6 Å². The first kappa shape index (κ1) is 17.9. The number of methoxy groups -OCH3 is 2. The van der Waals surface area contributed by atoms with Crippen LogP contribution in [-0.2, 0) is 11.3 Å². The molecule has 23 heavy (non-hydrogen) atoms. The average Bonchev–Trinajstić information content (AvgIpc) is 2.54. The first-order valence-corrected chi connectivity index (χ1v) is 8.24. The largest absolute Gasteiger partial charge is 0.493 e. The van der Waals surface area contributed by atoms with Crippen LogP contribution in [0.15, 0.2) is 12.1 Å². The zero-order valence-electron chi connectivity index (χ0n) is 14.2. The predicted molar refractivity (Wildman–Crippen MR) is 91.2 cm³/mol. The second-order valence-electron chi connectivity index (χ2n) is 5.99. The number of amides is 1. The molecule has 0 aromatic heterocycles. The van der Waals surface area contributed by atoms with Crippen LogP contribution in [0.1, 0.15) is 25.8 Å². The molecular weight excluding hydrogens is 316 g/mol. The van der Waals surface area contributed by atoms with Crippen LogP contribution in [-0.4, -0.2) is 44.2 Å². The van der Waals surface area contributed by atoms with Crippen molar-refractivity contribution in [2.45, 2.75) is 32.9 Å². The Labute approximate surface area is 142 Å². The topological polar surface area (TPSA) is 50.8 Å². The molecule has 1 aliphatic rings. The molecule has 5 nitrogen and oxygen atoms in total. The van der Waals surface area contributed by atoms with Crippen molar-refractivity contribution in [3.63, 3.8) is 0 Å². The van der Waals surface area contributed by atoms with Gasteiger partial charge in [-0.15, -0.1) is 0 Å². The molecule has 1 N–H and O–H groups in total. The molecule has 0 bridgehead atoms. The number of piperidine rings is 1. The highest BCUT2D eigenvalue weighted by atomic mass is 35.5. The SMILES string of the molecule is COc1ccc(CN[C@@H]2CCN(C(C)=O)C[C@H]2C)c(Cl)c1OC. The van der Waals surface area contributed by atoms with Crippen molar-refractivity contribution in [2.24, 2.45) is 5.92 Å². The summed E-state index contributed by atoms with van der Waals surface area (Å²) >= 11 is 6.41. The van der Waals surface area contributed by atoms with E-state index in [1.54, 1.807) is 21.1 Å². The minimum Gasteiger partial charge on any atom is -0.493 e. The lowest BCUT2D eigenvalue weighted by Gasteiger charge is -2.37. The predicted octanol–water partition coefficient (Wildman–Crippen LogP) is 2.70. The Morgan fingerprint density at radius 3 is 2.70 bits per heavy atom. The van der Waals surface area contributed by atoms with Crippen LogP contribution < -0.4 is 14.8 Å². The van der Waals surface area contributed by atoms with E-state index in [4.69, 9.17) is 21.1 Å². The van der Waals surface area contributed by atoms with E-state index in [2.05, 4.69) is 12.2 Å². The molecule has 1 aromatic rings. The number of carbonyl (C=O) groups excluding carboxylic acids is 1. The van der Waals surface area contributed by atoms with E-state index < -0.39 is 0 Å². The van der Waals surface area contributed by atoms with Crippen LogP contribution in [0.5, 0.6) is 11.5 Å². The van der Waals surface area contributed by atoms with Crippen molar-refractivity contribution in [2.75, 3.05) is 27.3 Å². The summed E-state index contributed by atoms with van der Waals surface area (Å²) in [6, 6.07) is 4.19. The quantitative estimate of drug-likeness (QED) is 0.895. The van der Waals surface area contributed by atoms with Crippen LogP contribution in [0, 0.1) is 5.92 Å². The number of ether oxygens (including phenoxy) is 2. The zero-order valence-corrected chi connectivity index (χ0v) is 14.9. The van der Waals surface area contributed by atoms with Gasteiger partial charge in [0.1, 0.15) is 0 Å². The van der Waals surface area contributed by atoms with Crippen molar-refractivity contribution in [3.05, 3.63) is 22.7 Å². The van der Waals surface area contributed by atoms with Crippen LogP contribution in [0.2, 0.25) is 5.02 Å². The minimum absolute atomic E-state index is 0.151. The maximum absolute atomic E-state index is 11.5. The van der Waals surface area contributed by atoms with Gasteiger partial charge in [0.15, 0.2) is 11.5 Å². The minimum atomic E-state index is 0.151. The van der Waals surface area contributed by atoms with E-state index in [0.29, 0.717) is 35.0 Å². The zero-order chi connectivity index (χ0) is 17.0. The van der Waals surface area contributed by atoms with Gasteiger partial charge < -0.3 is 19.7 Å². The fourth-order valence-corrected chi connectivity index (χ4v) is 3.34. The number of benzene rings is 1. The van der Waals surface area contributed by atoms with Gasteiger partial charge in [-0.2, -0.15) is 0 Å². The van der Waals surface area contributed by atoms with Crippen LogP contribution in [0.25, 0.3) is 0 Å². The molecule has 0 spiro atoms. The Bertz CT molecular complexity index is 565. The molecular formula is C17H25ClN2O3. The van der Waals surface area contributed by atoms with E-state index in [9.17, 15) is 4.79 Å². The summed E-state index contributed by atoms with van der Waals surface area (Å²) in [6.07, 6.45) is 0.950. The molecule has 6 heteroatoms. The molecule has 2 atom stereocenters. The average molecular weight is 341 g/mol. The van der Waals surface area contributed by atoms with Crippen molar-refractivity contribution in [3.8, 4) is 11.5 Å². The Balaban J connectivity index is 2.00. The fraction of sp³-hybridized carbons (Fsp3) is 0.588. The third kappa shape index (κ3) is 4.09. The van der Waals surface area contributed by atoms with Crippen molar-refractivity contribution in [1.29, 1.82) is 0 Å². The van der Waals surface area contributed by atoms with Crippen LogP contribution >= 0.6 is 11.6 Å². The van der Waals surface area contributed by atoms with Gasteiger partial charge in [0, 0.05) is 32.6 Å². The van der Waals surface area contributed by atoms with Gasteiger partial charge in [-0.3, -0.25) is 4.79 Å². The van der Waals surface area contributed by atoms with E-state index in [0.717, 1.165) is 25.1 Å². The van der Waals surface area contributed by atoms with Gasteiger partial charge in [0.25, 0.3) is 0 Å². The van der Waals surface area contributed by atoms with Crippen molar-refractivity contribution >= 4 is 17.5 Å². The van der Waals surface area contributed by atoms with Gasteiger partial charge in [0.2, 0.25) is 5.91 Å².